The van der Waals surface area contributed by atoms with Crippen LogP contribution in [0.3, 0.4) is 0 Å². The first-order valence-electron chi connectivity index (χ1n) is 8.95. The Labute approximate surface area is 159 Å². The van der Waals surface area contributed by atoms with Crippen LogP contribution in [0.4, 0.5) is 11.5 Å². The highest BCUT2D eigenvalue weighted by atomic mass is 16.5. The minimum absolute atomic E-state index is 0.0920. The summed E-state index contributed by atoms with van der Waals surface area (Å²) in [6.45, 7) is 3.98. The van der Waals surface area contributed by atoms with Gasteiger partial charge in [-0.05, 0) is 12.1 Å². The van der Waals surface area contributed by atoms with Crippen LogP contribution in [0.2, 0.25) is 0 Å². The molecular formula is C19H25N5O3. The predicted molar refractivity (Wildman–Crippen MR) is 104 cm³/mol. The average Bonchev–Trinajstić information content (AvgIpc) is 2.74. The van der Waals surface area contributed by atoms with Gasteiger partial charge in [-0.25, -0.2) is 9.97 Å². The van der Waals surface area contributed by atoms with Crippen molar-refractivity contribution in [3.05, 3.63) is 42.4 Å². The maximum atomic E-state index is 12.7. The van der Waals surface area contributed by atoms with Gasteiger partial charge < -0.3 is 24.6 Å². The largest absolute Gasteiger partial charge is 0.495 e. The molecular weight excluding hydrogens is 346 g/mol. The normalized spacial score (nSPS) is 14.1. The number of para-hydroxylation sites is 2. The fourth-order valence-corrected chi connectivity index (χ4v) is 3.01. The van der Waals surface area contributed by atoms with E-state index < -0.39 is 0 Å². The van der Waals surface area contributed by atoms with Crippen molar-refractivity contribution in [1.82, 2.24) is 14.9 Å². The van der Waals surface area contributed by atoms with Crippen molar-refractivity contribution in [2.75, 3.05) is 63.8 Å². The monoisotopic (exact) mass is 371 g/mol. The number of amides is 1. The van der Waals surface area contributed by atoms with E-state index in [1.165, 1.54) is 6.20 Å². The Morgan fingerprint density at radius 3 is 2.56 bits per heavy atom. The molecule has 2 heterocycles. The zero-order chi connectivity index (χ0) is 19.1. The zero-order valence-corrected chi connectivity index (χ0v) is 15.7. The van der Waals surface area contributed by atoms with Gasteiger partial charge in [0.1, 0.15) is 17.3 Å². The van der Waals surface area contributed by atoms with Crippen LogP contribution in [-0.4, -0.2) is 74.3 Å². The molecule has 8 heteroatoms. The van der Waals surface area contributed by atoms with Crippen LogP contribution in [0.5, 0.6) is 5.75 Å². The molecule has 1 aromatic carbocycles. The van der Waals surface area contributed by atoms with Crippen LogP contribution in [-0.2, 0) is 4.74 Å². The lowest BCUT2D eigenvalue weighted by atomic mass is 10.2. The van der Waals surface area contributed by atoms with Crippen molar-refractivity contribution in [3.63, 3.8) is 0 Å². The summed E-state index contributed by atoms with van der Waals surface area (Å²) >= 11 is 0. The topological polar surface area (TPSA) is 79.8 Å². The quantitative estimate of drug-likeness (QED) is 0.739. The Balaban J connectivity index is 1.56. The molecule has 144 valence electrons. The number of carbonyl (C=O) groups excluding carboxylic acids is 1. The lowest BCUT2D eigenvalue weighted by Crippen LogP contribution is -2.49. The van der Waals surface area contributed by atoms with Crippen LogP contribution in [0.15, 0.2) is 36.7 Å². The molecule has 3 rings (SSSR count). The highest BCUT2D eigenvalue weighted by Crippen LogP contribution is 2.28. The first-order chi connectivity index (χ1) is 13.2. The Morgan fingerprint density at radius 1 is 1.11 bits per heavy atom. The van der Waals surface area contributed by atoms with Gasteiger partial charge in [0.15, 0.2) is 0 Å². The smallest absolute Gasteiger partial charge is 0.274 e. The van der Waals surface area contributed by atoms with Crippen LogP contribution in [0.25, 0.3) is 0 Å². The van der Waals surface area contributed by atoms with Gasteiger partial charge in [-0.1, -0.05) is 12.1 Å². The molecule has 1 aromatic heterocycles. The summed E-state index contributed by atoms with van der Waals surface area (Å²) in [5, 5.41) is 3.08. The van der Waals surface area contributed by atoms with Crippen molar-refractivity contribution in [2.45, 2.75) is 0 Å². The Kier molecular flexibility index (Phi) is 6.43. The summed E-state index contributed by atoms with van der Waals surface area (Å²) in [4.78, 5) is 25.2. The number of piperazine rings is 1. The van der Waals surface area contributed by atoms with Gasteiger partial charge in [0.25, 0.3) is 5.91 Å². The first-order valence-corrected chi connectivity index (χ1v) is 8.95. The van der Waals surface area contributed by atoms with Crippen LogP contribution >= 0.6 is 0 Å². The van der Waals surface area contributed by atoms with Crippen molar-refractivity contribution in [1.29, 1.82) is 0 Å². The number of ether oxygens (including phenoxy) is 2. The van der Waals surface area contributed by atoms with Crippen LogP contribution in [0.1, 0.15) is 10.5 Å². The summed E-state index contributed by atoms with van der Waals surface area (Å²) in [6.07, 6.45) is 3.10. The number of rotatable bonds is 7. The molecule has 2 aromatic rings. The summed E-state index contributed by atoms with van der Waals surface area (Å²) < 4.78 is 10.4. The Hall–Kier alpha value is -2.87. The lowest BCUT2D eigenvalue weighted by molar-refractivity contribution is 0.0740. The Bertz CT molecular complexity index is 745. The van der Waals surface area contributed by atoms with E-state index in [4.69, 9.17) is 9.47 Å². The molecule has 1 amide bonds. The van der Waals surface area contributed by atoms with Gasteiger partial charge in [0, 0.05) is 39.8 Å². The van der Waals surface area contributed by atoms with Crippen molar-refractivity contribution < 1.29 is 14.3 Å². The van der Waals surface area contributed by atoms with E-state index in [0.29, 0.717) is 37.8 Å². The number of hydrogen-bond acceptors (Lipinski definition) is 7. The van der Waals surface area contributed by atoms with E-state index in [0.717, 1.165) is 24.5 Å². The summed E-state index contributed by atoms with van der Waals surface area (Å²) in [7, 11) is 3.31. The van der Waals surface area contributed by atoms with E-state index in [1.807, 2.05) is 29.2 Å². The number of anilines is 2. The van der Waals surface area contributed by atoms with E-state index >= 15 is 0 Å². The molecule has 1 aliphatic heterocycles. The molecule has 0 atom stereocenters. The molecule has 0 spiro atoms. The lowest BCUT2D eigenvalue weighted by Gasteiger charge is -2.36. The zero-order valence-electron chi connectivity index (χ0n) is 15.7. The number of methoxy groups -OCH3 is 2. The second-order valence-electron chi connectivity index (χ2n) is 6.16. The van der Waals surface area contributed by atoms with Gasteiger partial charge in [-0.2, -0.15) is 0 Å². The van der Waals surface area contributed by atoms with Crippen molar-refractivity contribution in [2.24, 2.45) is 0 Å². The Morgan fingerprint density at radius 2 is 1.89 bits per heavy atom. The van der Waals surface area contributed by atoms with Gasteiger partial charge in [-0.3, -0.25) is 4.79 Å². The average molecular weight is 371 g/mol. The maximum Gasteiger partial charge on any atom is 0.274 e. The third-order valence-corrected chi connectivity index (χ3v) is 4.48. The van der Waals surface area contributed by atoms with E-state index in [2.05, 4.69) is 20.2 Å². The highest BCUT2D eigenvalue weighted by Gasteiger charge is 2.24. The summed E-state index contributed by atoms with van der Waals surface area (Å²) in [6, 6.07) is 7.93. The second kappa shape index (κ2) is 9.18. The minimum atomic E-state index is -0.0920. The molecule has 1 fully saturated rings. The maximum absolute atomic E-state index is 12.7. The molecule has 0 saturated carbocycles. The molecule has 1 N–H and O–H groups in total. The first kappa shape index (κ1) is 18.9. The number of carbonyl (C=O) groups is 1. The third-order valence-electron chi connectivity index (χ3n) is 4.48. The van der Waals surface area contributed by atoms with Crippen LogP contribution < -0.4 is 15.0 Å². The molecule has 1 aliphatic rings. The van der Waals surface area contributed by atoms with Crippen molar-refractivity contribution in [3.8, 4) is 5.75 Å². The number of hydrogen-bond donors (Lipinski definition) is 1. The van der Waals surface area contributed by atoms with Gasteiger partial charge in [-0.15, -0.1) is 0 Å². The molecule has 8 nitrogen and oxygen atoms in total. The summed E-state index contributed by atoms with van der Waals surface area (Å²) in [5.74, 6) is 1.38. The van der Waals surface area contributed by atoms with E-state index in [-0.39, 0.29) is 5.91 Å². The number of nitrogens with one attached hydrogen (secondary N) is 1. The minimum Gasteiger partial charge on any atom is -0.495 e. The fourth-order valence-electron chi connectivity index (χ4n) is 3.01. The van der Waals surface area contributed by atoms with Gasteiger partial charge in [0.05, 0.1) is 31.8 Å². The number of benzene rings is 1. The van der Waals surface area contributed by atoms with Gasteiger partial charge in [0.2, 0.25) is 0 Å². The second-order valence-corrected chi connectivity index (χ2v) is 6.16. The van der Waals surface area contributed by atoms with E-state index in [1.54, 1.807) is 20.4 Å². The van der Waals surface area contributed by atoms with Crippen LogP contribution in [0, 0.1) is 0 Å². The highest BCUT2D eigenvalue weighted by molar-refractivity contribution is 5.92. The predicted octanol–water partition coefficient (Wildman–Crippen LogP) is 1.51. The molecule has 27 heavy (non-hydrogen) atoms. The van der Waals surface area contributed by atoms with E-state index in [9.17, 15) is 4.79 Å². The van der Waals surface area contributed by atoms with Crippen molar-refractivity contribution >= 4 is 17.4 Å². The molecule has 0 bridgehead atoms. The summed E-state index contributed by atoms with van der Waals surface area (Å²) in [5.41, 5.74) is 1.41. The number of nitrogens with zero attached hydrogens (tertiary/aromatic N) is 4. The number of aromatic nitrogens is 2. The third kappa shape index (κ3) is 4.65. The molecule has 0 unspecified atom stereocenters. The SMILES string of the molecule is COCCNc1cnc(C(=O)N2CCN(c3ccccc3OC)CC2)cn1. The fraction of sp³-hybridized carbons (Fsp3) is 0.421. The standard InChI is InChI=1S/C19H25N5O3/c1-26-12-7-20-18-14-21-15(13-22-18)19(25)24-10-8-23(9-11-24)16-5-3-4-6-17(16)27-2/h3-6,13-14H,7-12H2,1-2H3,(H,20,22). The molecule has 0 aliphatic carbocycles. The van der Waals surface area contributed by atoms with Gasteiger partial charge >= 0.3 is 0 Å². The molecule has 0 radical (unpaired) electrons. The molecule has 1 saturated heterocycles.